The maximum atomic E-state index is 13.2. The Morgan fingerprint density at radius 2 is 1.83 bits per heavy atom. The van der Waals surface area contributed by atoms with Gasteiger partial charge in [-0.15, -0.1) is 0 Å². The summed E-state index contributed by atoms with van der Waals surface area (Å²) in [6.45, 7) is 3.70. The van der Waals surface area contributed by atoms with Crippen molar-refractivity contribution in [2.75, 3.05) is 13.3 Å². The van der Waals surface area contributed by atoms with Crippen LogP contribution in [0.4, 0.5) is 4.39 Å². The molecule has 0 aliphatic carbocycles. The molecule has 0 N–H and O–H groups in total. The van der Waals surface area contributed by atoms with Crippen LogP contribution in [0, 0.1) is 5.82 Å². The Morgan fingerprint density at radius 1 is 1.06 bits per heavy atom. The Hall–Kier alpha value is -4.17. The fraction of sp³-hybridized carbons (Fsp3) is 0.214. The highest BCUT2D eigenvalue weighted by molar-refractivity contribution is 5.89. The lowest BCUT2D eigenvalue weighted by atomic mass is 10.1. The summed E-state index contributed by atoms with van der Waals surface area (Å²) in [5, 5.41) is 0.373. The number of esters is 1. The molecule has 1 aliphatic rings. The standard InChI is InChI=1S/C28H24FNO6/c1-2-13-33-28(32)19-5-9-21(10-6-19)36-25-16-34-27-22(26(25)31)11-12-24-23(27)15-30(17-35-24)14-18-3-7-20(29)8-4-18/h3-12,16H,2,13-15,17H2,1H3. The Morgan fingerprint density at radius 3 is 2.58 bits per heavy atom. The average Bonchev–Trinajstić information content (AvgIpc) is 2.90. The first-order valence-electron chi connectivity index (χ1n) is 11.6. The van der Waals surface area contributed by atoms with Crippen LogP contribution in [0.15, 0.2) is 76.1 Å². The number of hydrogen-bond acceptors (Lipinski definition) is 7. The van der Waals surface area contributed by atoms with Crippen molar-refractivity contribution in [1.82, 2.24) is 4.90 Å². The lowest BCUT2D eigenvalue weighted by Gasteiger charge is -2.29. The van der Waals surface area contributed by atoms with E-state index in [0.29, 0.717) is 54.5 Å². The Kier molecular flexibility index (Phi) is 6.69. The van der Waals surface area contributed by atoms with Crippen LogP contribution >= 0.6 is 0 Å². The molecule has 5 rings (SSSR count). The van der Waals surface area contributed by atoms with Gasteiger partial charge in [-0.1, -0.05) is 19.1 Å². The highest BCUT2D eigenvalue weighted by atomic mass is 19.1. The SMILES string of the molecule is CCCOC(=O)c1ccc(Oc2coc3c4c(ccc3c2=O)OCN(Cc2ccc(F)cc2)C4)cc1. The highest BCUT2D eigenvalue weighted by Gasteiger charge is 2.23. The van der Waals surface area contributed by atoms with Gasteiger partial charge in [-0.05, 0) is 60.5 Å². The van der Waals surface area contributed by atoms with E-state index in [2.05, 4.69) is 0 Å². The normalized spacial score (nSPS) is 13.2. The maximum absolute atomic E-state index is 13.2. The van der Waals surface area contributed by atoms with Crippen molar-refractivity contribution in [3.63, 3.8) is 0 Å². The number of rotatable bonds is 7. The van der Waals surface area contributed by atoms with E-state index in [1.807, 2.05) is 11.8 Å². The number of benzene rings is 3. The molecule has 0 bridgehead atoms. The van der Waals surface area contributed by atoms with Gasteiger partial charge in [0.25, 0.3) is 0 Å². The Balaban J connectivity index is 1.36. The van der Waals surface area contributed by atoms with Gasteiger partial charge in [0.2, 0.25) is 11.2 Å². The first kappa shape index (κ1) is 23.6. The monoisotopic (exact) mass is 489 g/mol. The van der Waals surface area contributed by atoms with Gasteiger partial charge in [0.1, 0.15) is 35.9 Å². The first-order chi connectivity index (χ1) is 17.5. The van der Waals surface area contributed by atoms with E-state index >= 15 is 0 Å². The molecular formula is C28H24FNO6. The second-order valence-corrected chi connectivity index (χ2v) is 8.50. The Bertz CT molecular complexity index is 1450. The van der Waals surface area contributed by atoms with E-state index in [1.54, 1.807) is 48.5 Å². The third-order valence-corrected chi connectivity index (χ3v) is 5.83. The molecule has 7 nitrogen and oxygen atoms in total. The summed E-state index contributed by atoms with van der Waals surface area (Å²) in [7, 11) is 0. The molecule has 0 spiro atoms. The first-order valence-corrected chi connectivity index (χ1v) is 11.6. The van der Waals surface area contributed by atoms with Crippen LogP contribution in [-0.4, -0.2) is 24.2 Å². The molecule has 0 saturated carbocycles. The molecule has 0 fully saturated rings. The zero-order valence-electron chi connectivity index (χ0n) is 19.7. The molecule has 8 heteroatoms. The molecule has 0 amide bonds. The van der Waals surface area contributed by atoms with Crippen LogP contribution in [0.25, 0.3) is 11.0 Å². The van der Waals surface area contributed by atoms with Crippen LogP contribution < -0.4 is 14.9 Å². The minimum atomic E-state index is -0.408. The van der Waals surface area contributed by atoms with Crippen LogP contribution in [0.5, 0.6) is 17.2 Å². The van der Waals surface area contributed by atoms with Crippen LogP contribution in [0.2, 0.25) is 0 Å². The summed E-state index contributed by atoms with van der Waals surface area (Å²) in [6.07, 6.45) is 2.03. The van der Waals surface area contributed by atoms with Gasteiger partial charge < -0.3 is 18.6 Å². The molecule has 0 unspecified atom stereocenters. The molecule has 3 aromatic carbocycles. The highest BCUT2D eigenvalue weighted by Crippen LogP contribution is 2.33. The second-order valence-electron chi connectivity index (χ2n) is 8.50. The molecule has 0 saturated heterocycles. The lowest BCUT2D eigenvalue weighted by Crippen LogP contribution is -2.31. The van der Waals surface area contributed by atoms with Gasteiger partial charge in [-0.25, -0.2) is 9.18 Å². The van der Waals surface area contributed by atoms with Crippen molar-refractivity contribution in [3.8, 4) is 17.2 Å². The molecule has 184 valence electrons. The molecule has 0 atom stereocenters. The summed E-state index contributed by atoms with van der Waals surface area (Å²) >= 11 is 0. The number of carbonyl (C=O) groups is 1. The second kappa shape index (κ2) is 10.2. The summed E-state index contributed by atoms with van der Waals surface area (Å²) < 4.78 is 35.8. The predicted octanol–water partition coefficient (Wildman–Crippen LogP) is 5.64. The van der Waals surface area contributed by atoms with Crippen molar-refractivity contribution in [2.24, 2.45) is 0 Å². The number of halogens is 1. The zero-order chi connectivity index (χ0) is 25.1. The van der Waals surface area contributed by atoms with E-state index < -0.39 is 5.97 Å². The number of fused-ring (bicyclic) bond motifs is 3. The van der Waals surface area contributed by atoms with Gasteiger partial charge in [0, 0.05) is 13.1 Å². The minimum Gasteiger partial charge on any atom is -0.478 e. The summed E-state index contributed by atoms with van der Waals surface area (Å²) in [4.78, 5) is 27.2. The average molecular weight is 489 g/mol. The Labute approximate surface area is 206 Å². The molecule has 0 radical (unpaired) electrons. The fourth-order valence-corrected chi connectivity index (χ4v) is 4.02. The van der Waals surface area contributed by atoms with Crippen molar-refractivity contribution in [1.29, 1.82) is 0 Å². The maximum Gasteiger partial charge on any atom is 0.338 e. The third kappa shape index (κ3) is 4.94. The zero-order valence-corrected chi connectivity index (χ0v) is 19.7. The lowest BCUT2D eigenvalue weighted by molar-refractivity contribution is 0.0505. The van der Waals surface area contributed by atoms with E-state index in [1.165, 1.54) is 18.4 Å². The van der Waals surface area contributed by atoms with E-state index in [4.69, 9.17) is 18.6 Å². The summed E-state index contributed by atoms with van der Waals surface area (Å²) in [5.41, 5.74) is 2.23. The number of carbonyl (C=O) groups excluding carboxylic acids is 1. The van der Waals surface area contributed by atoms with Gasteiger partial charge in [-0.3, -0.25) is 9.69 Å². The molecule has 2 heterocycles. The van der Waals surface area contributed by atoms with Gasteiger partial charge in [-0.2, -0.15) is 0 Å². The largest absolute Gasteiger partial charge is 0.478 e. The van der Waals surface area contributed by atoms with E-state index in [-0.39, 0.29) is 17.0 Å². The van der Waals surface area contributed by atoms with Crippen LogP contribution in [-0.2, 0) is 17.8 Å². The van der Waals surface area contributed by atoms with E-state index in [9.17, 15) is 14.0 Å². The molecular weight excluding hydrogens is 465 g/mol. The van der Waals surface area contributed by atoms with Gasteiger partial charge in [0.05, 0.1) is 23.1 Å². The van der Waals surface area contributed by atoms with Crippen molar-refractivity contribution in [2.45, 2.75) is 26.4 Å². The summed E-state index contributed by atoms with van der Waals surface area (Å²) in [5.74, 6) is 0.383. The van der Waals surface area contributed by atoms with Gasteiger partial charge >= 0.3 is 5.97 Å². The molecule has 4 aromatic rings. The van der Waals surface area contributed by atoms with Crippen molar-refractivity contribution in [3.05, 3.63) is 99.7 Å². The number of ether oxygens (including phenoxy) is 3. The topological polar surface area (TPSA) is 78.2 Å². The smallest absolute Gasteiger partial charge is 0.338 e. The number of hydrogen-bond donors (Lipinski definition) is 0. The third-order valence-electron chi connectivity index (χ3n) is 5.83. The number of nitrogens with zero attached hydrogens (tertiary/aromatic N) is 1. The molecule has 1 aliphatic heterocycles. The summed E-state index contributed by atoms with van der Waals surface area (Å²) in [6, 6.07) is 16.1. The van der Waals surface area contributed by atoms with Crippen LogP contribution in [0.3, 0.4) is 0 Å². The van der Waals surface area contributed by atoms with Crippen molar-refractivity contribution < 1.29 is 27.8 Å². The quantitative estimate of drug-likeness (QED) is 0.311. The van der Waals surface area contributed by atoms with Crippen molar-refractivity contribution >= 4 is 16.9 Å². The molecule has 1 aromatic heterocycles. The van der Waals surface area contributed by atoms with E-state index in [0.717, 1.165) is 17.5 Å². The minimum absolute atomic E-state index is 0.0312. The molecule has 36 heavy (non-hydrogen) atoms. The fourth-order valence-electron chi connectivity index (χ4n) is 4.02. The van der Waals surface area contributed by atoms with Crippen LogP contribution in [0.1, 0.15) is 34.8 Å². The predicted molar refractivity (Wildman–Crippen MR) is 131 cm³/mol. The van der Waals surface area contributed by atoms with Gasteiger partial charge in [0.15, 0.2) is 0 Å².